The van der Waals surface area contributed by atoms with Gasteiger partial charge in [-0.1, -0.05) is 60.7 Å². The third-order valence-electron chi connectivity index (χ3n) is 4.40. The highest BCUT2D eigenvalue weighted by Crippen LogP contribution is 2.23. The van der Waals surface area contributed by atoms with Gasteiger partial charge in [-0.25, -0.2) is 9.79 Å². The summed E-state index contributed by atoms with van der Waals surface area (Å²) in [4.78, 5) is 27.7. The van der Waals surface area contributed by atoms with Gasteiger partial charge >= 0.3 is 12.6 Å². The molecule has 0 saturated carbocycles. The Morgan fingerprint density at radius 1 is 1.09 bits per heavy atom. The van der Waals surface area contributed by atoms with Crippen LogP contribution in [0.3, 0.4) is 0 Å². The maximum absolute atomic E-state index is 13.5. The number of nitrogens with one attached hydrogen (secondary N) is 1. The van der Waals surface area contributed by atoms with E-state index in [1.165, 1.54) is 13.0 Å². The van der Waals surface area contributed by atoms with E-state index in [1.54, 1.807) is 0 Å². The molecule has 2 N–H and O–H groups in total. The summed E-state index contributed by atoms with van der Waals surface area (Å²) in [6.45, 7) is -1.81. The van der Waals surface area contributed by atoms with Crippen LogP contribution in [-0.4, -0.2) is 34.1 Å². The molecule has 0 unspecified atom stereocenters. The van der Waals surface area contributed by atoms with E-state index < -0.39 is 24.2 Å². The molecular formula is C23H21F2N3O4. The van der Waals surface area contributed by atoms with E-state index in [0.29, 0.717) is 5.71 Å². The number of hydrogen-bond donors (Lipinski definition) is 2. The van der Waals surface area contributed by atoms with Crippen molar-refractivity contribution in [3.05, 3.63) is 94.4 Å². The quantitative estimate of drug-likeness (QED) is 0.505. The van der Waals surface area contributed by atoms with Gasteiger partial charge in [0.15, 0.2) is 5.75 Å². The van der Waals surface area contributed by atoms with E-state index in [-0.39, 0.29) is 22.6 Å². The van der Waals surface area contributed by atoms with E-state index >= 15 is 0 Å². The molecule has 1 aromatic heterocycles. The SMILES string of the molecule is C[C@H](COc1cc(N=C(c2ccccc2)c2ccccc2)cn(C(F)F)c1=O)NC(=O)O. The first-order valence-electron chi connectivity index (χ1n) is 9.71. The number of benzene rings is 2. The molecule has 7 nitrogen and oxygen atoms in total. The number of nitrogens with zero attached hydrogens (tertiary/aromatic N) is 2. The molecule has 1 heterocycles. The van der Waals surface area contributed by atoms with Crippen LogP contribution in [0.5, 0.6) is 5.75 Å². The molecule has 166 valence electrons. The first-order chi connectivity index (χ1) is 15.3. The maximum Gasteiger partial charge on any atom is 0.404 e. The summed E-state index contributed by atoms with van der Waals surface area (Å²) in [7, 11) is 0. The van der Waals surface area contributed by atoms with Crippen LogP contribution in [0.2, 0.25) is 0 Å². The third-order valence-corrected chi connectivity index (χ3v) is 4.40. The average molecular weight is 441 g/mol. The highest BCUT2D eigenvalue weighted by atomic mass is 19.3. The summed E-state index contributed by atoms with van der Waals surface area (Å²) in [5.74, 6) is -0.355. The fourth-order valence-corrected chi connectivity index (χ4v) is 2.96. The van der Waals surface area contributed by atoms with Gasteiger partial charge in [-0.2, -0.15) is 8.78 Å². The van der Waals surface area contributed by atoms with Crippen molar-refractivity contribution in [2.24, 2.45) is 4.99 Å². The minimum absolute atomic E-state index is 0.0847. The molecule has 0 bridgehead atoms. The van der Waals surface area contributed by atoms with Gasteiger partial charge in [0.25, 0.3) is 5.56 Å². The molecule has 0 aliphatic heterocycles. The molecule has 2 aromatic carbocycles. The molecule has 3 rings (SSSR count). The van der Waals surface area contributed by atoms with Crippen LogP contribution in [0.1, 0.15) is 24.6 Å². The lowest BCUT2D eigenvalue weighted by atomic mass is 10.0. The summed E-state index contributed by atoms with van der Waals surface area (Å²) in [5, 5.41) is 10.9. The number of carboxylic acid groups (broad SMARTS) is 1. The number of amides is 1. The molecule has 9 heteroatoms. The summed E-state index contributed by atoms with van der Waals surface area (Å²) >= 11 is 0. The smallest absolute Gasteiger partial charge is 0.404 e. The molecule has 32 heavy (non-hydrogen) atoms. The minimum atomic E-state index is -3.11. The largest absolute Gasteiger partial charge is 0.486 e. The van der Waals surface area contributed by atoms with Crippen molar-refractivity contribution in [3.63, 3.8) is 0 Å². The topological polar surface area (TPSA) is 92.9 Å². The van der Waals surface area contributed by atoms with Crippen LogP contribution >= 0.6 is 0 Å². The number of pyridine rings is 1. The number of alkyl halides is 2. The molecule has 0 spiro atoms. The predicted molar refractivity (Wildman–Crippen MR) is 116 cm³/mol. The Kier molecular flexibility index (Phi) is 7.33. The maximum atomic E-state index is 13.5. The average Bonchev–Trinajstić information content (AvgIpc) is 2.78. The minimum Gasteiger partial charge on any atom is -0.486 e. The van der Waals surface area contributed by atoms with Crippen molar-refractivity contribution in [1.82, 2.24) is 9.88 Å². The van der Waals surface area contributed by atoms with Crippen LogP contribution in [0, 0.1) is 0 Å². The first kappa shape index (κ1) is 22.7. The van der Waals surface area contributed by atoms with E-state index in [9.17, 15) is 18.4 Å². The van der Waals surface area contributed by atoms with Crippen LogP contribution in [0.15, 0.2) is 82.7 Å². The molecule has 1 atom stereocenters. The predicted octanol–water partition coefficient (Wildman–Crippen LogP) is 4.45. The number of halogens is 2. The highest BCUT2D eigenvalue weighted by Gasteiger charge is 2.17. The zero-order valence-corrected chi connectivity index (χ0v) is 17.1. The number of aromatic nitrogens is 1. The Balaban J connectivity index is 2.06. The van der Waals surface area contributed by atoms with Gasteiger partial charge in [0, 0.05) is 23.4 Å². The van der Waals surface area contributed by atoms with Crippen LogP contribution in [0.4, 0.5) is 19.3 Å². The lowest BCUT2D eigenvalue weighted by Crippen LogP contribution is -2.36. The monoisotopic (exact) mass is 441 g/mol. The standard InChI is InChI=1S/C23H21F2N3O4/c1-15(26-23(30)31)14-32-19-12-18(13-28(21(19)29)22(24)25)27-20(16-8-4-2-5-9-16)17-10-6-3-7-11-17/h2-13,15,22,26H,14H2,1H3,(H,30,31)/t15-/m1/s1. The fourth-order valence-electron chi connectivity index (χ4n) is 2.96. The molecule has 3 aromatic rings. The summed E-state index contributed by atoms with van der Waals surface area (Å²) in [5.41, 5.74) is 1.09. The van der Waals surface area contributed by atoms with Gasteiger partial charge < -0.3 is 15.2 Å². The Labute approximate surface area is 182 Å². The number of ether oxygens (including phenoxy) is 1. The Morgan fingerprint density at radius 2 is 1.66 bits per heavy atom. The zero-order chi connectivity index (χ0) is 23.1. The van der Waals surface area contributed by atoms with Crippen molar-refractivity contribution in [2.45, 2.75) is 19.5 Å². The first-order valence-corrected chi connectivity index (χ1v) is 9.71. The fraction of sp³-hybridized carbons (Fsp3) is 0.174. The van der Waals surface area contributed by atoms with Gasteiger partial charge in [0.2, 0.25) is 0 Å². The van der Waals surface area contributed by atoms with Gasteiger partial charge in [-0.3, -0.25) is 9.36 Å². The van der Waals surface area contributed by atoms with E-state index in [4.69, 9.17) is 9.84 Å². The van der Waals surface area contributed by atoms with Crippen LogP contribution in [-0.2, 0) is 0 Å². The van der Waals surface area contributed by atoms with Gasteiger partial charge in [-0.15, -0.1) is 0 Å². The third kappa shape index (κ3) is 5.78. The second-order valence-corrected chi connectivity index (χ2v) is 6.91. The summed E-state index contributed by atoms with van der Waals surface area (Å²) in [6.07, 6.45) is -0.301. The number of rotatable bonds is 8. The van der Waals surface area contributed by atoms with Crippen LogP contribution < -0.4 is 15.6 Å². The van der Waals surface area contributed by atoms with Crippen LogP contribution in [0.25, 0.3) is 0 Å². The molecule has 0 radical (unpaired) electrons. The molecule has 0 saturated heterocycles. The van der Waals surface area contributed by atoms with Gasteiger partial charge in [-0.05, 0) is 6.92 Å². The number of carbonyl (C=O) groups is 1. The van der Waals surface area contributed by atoms with Gasteiger partial charge in [0.1, 0.15) is 6.61 Å². The van der Waals surface area contributed by atoms with Gasteiger partial charge in [0.05, 0.1) is 17.4 Å². The van der Waals surface area contributed by atoms with E-state index in [2.05, 4.69) is 10.3 Å². The molecule has 0 aliphatic carbocycles. The lowest BCUT2D eigenvalue weighted by Gasteiger charge is -2.15. The van der Waals surface area contributed by atoms with Crippen molar-refractivity contribution in [2.75, 3.05) is 6.61 Å². The lowest BCUT2D eigenvalue weighted by molar-refractivity contribution is 0.0651. The number of aliphatic imine (C=N–C) groups is 1. The van der Waals surface area contributed by atoms with E-state index in [1.807, 2.05) is 60.7 Å². The summed E-state index contributed by atoms with van der Waals surface area (Å²) in [6, 6.07) is 19.0. The van der Waals surface area contributed by atoms with Crippen molar-refractivity contribution >= 4 is 17.5 Å². The summed E-state index contributed by atoms with van der Waals surface area (Å²) < 4.78 is 32.6. The van der Waals surface area contributed by atoms with Crippen molar-refractivity contribution in [1.29, 1.82) is 0 Å². The Bertz CT molecular complexity index is 1110. The van der Waals surface area contributed by atoms with E-state index in [0.717, 1.165) is 17.3 Å². The molecule has 1 amide bonds. The highest BCUT2D eigenvalue weighted by molar-refractivity contribution is 6.13. The second-order valence-electron chi connectivity index (χ2n) is 6.91. The number of hydrogen-bond acceptors (Lipinski definition) is 4. The Morgan fingerprint density at radius 3 is 2.16 bits per heavy atom. The molecular weight excluding hydrogens is 420 g/mol. The Hall–Kier alpha value is -4.01. The zero-order valence-electron chi connectivity index (χ0n) is 17.1. The normalized spacial score (nSPS) is 11.6. The van der Waals surface area contributed by atoms with Crippen molar-refractivity contribution in [3.8, 4) is 5.75 Å². The molecule has 0 fully saturated rings. The second kappa shape index (κ2) is 10.3. The van der Waals surface area contributed by atoms with Crippen molar-refractivity contribution < 1.29 is 23.4 Å². The molecule has 0 aliphatic rings.